The number of hydrogen-bond acceptors (Lipinski definition) is 5. The molecule has 2 aromatic carbocycles. The first kappa shape index (κ1) is 38.4. The maximum Gasteiger partial charge on any atom is 0.379 e. The second kappa shape index (κ2) is 20.3. The van der Waals surface area contributed by atoms with E-state index in [-0.39, 0.29) is 11.4 Å². The highest BCUT2D eigenvalue weighted by molar-refractivity contribution is 8.04. The van der Waals surface area contributed by atoms with Crippen molar-refractivity contribution in [3.05, 3.63) is 81.9 Å². The normalized spacial score (nSPS) is 16.1. The fourth-order valence-electron chi connectivity index (χ4n) is 4.40. The number of thioether (sulfide) groups is 1. The van der Waals surface area contributed by atoms with Crippen LogP contribution in [0.2, 0.25) is 0 Å². The molecule has 1 saturated carbocycles. The van der Waals surface area contributed by atoms with Crippen LogP contribution in [0.3, 0.4) is 0 Å². The van der Waals surface area contributed by atoms with E-state index in [0.29, 0.717) is 16.0 Å². The Bertz CT molecular complexity index is 1070. The molecule has 0 aromatic heterocycles. The van der Waals surface area contributed by atoms with Gasteiger partial charge in [0.2, 0.25) is 0 Å². The van der Waals surface area contributed by atoms with E-state index in [2.05, 4.69) is 67.5 Å². The van der Waals surface area contributed by atoms with Gasteiger partial charge >= 0.3 is 6.68 Å². The molecule has 1 unspecified atom stereocenters. The van der Waals surface area contributed by atoms with E-state index in [9.17, 15) is 26.7 Å². The smallest absolute Gasteiger partial charge is 0.366 e. The molecule has 1 amide bonds. The fourth-order valence-corrected chi connectivity index (χ4v) is 5.39. The Morgan fingerprint density at radius 2 is 1.60 bits per heavy atom. The molecule has 242 valence electrons. The lowest BCUT2D eigenvalue weighted by molar-refractivity contribution is -0.113. The first-order valence-electron chi connectivity index (χ1n) is 14.8. The van der Waals surface area contributed by atoms with Crippen molar-refractivity contribution in [3.63, 3.8) is 0 Å². The zero-order valence-electron chi connectivity index (χ0n) is 25.9. The molecule has 11 heteroatoms. The zero-order valence-corrected chi connectivity index (χ0v) is 26.7. The summed E-state index contributed by atoms with van der Waals surface area (Å²) in [6.45, 7) is 9.96. The van der Waals surface area contributed by atoms with Gasteiger partial charge in [-0.05, 0) is 80.8 Å². The number of alkyl halides is 3. The number of carbonyl (C=O) groups excluding carboxylic acids is 1. The maximum absolute atomic E-state index is 12.2. The van der Waals surface area contributed by atoms with Crippen LogP contribution in [0.15, 0.2) is 53.6 Å². The third-order valence-corrected chi connectivity index (χ3v) is 7.78. The number of benzene rings is 2. The van der Waals surface area contributed by atoms with E-state index >= 15 is 0 Å². The van der Waals surface area contributed by atoms with Gasteiger partial charge < -0.3 is 16.4 Å². The van der Waals surface area contributed by atoms with Crippen LogP contribution >= 0.6 is 11.8 Å². The Hall–Kier alpha value is -2.63. The third-order valence-electron chi connectivity index (χ3n) is 6.55. The molecule has 4 rings (SSSR count). The second-order valence-corrected chi connectivity index (χ2v) is 11.4. The molecule has 1 aliphatic carbocycles. The highest BCUT2D eigenvalue weighted by Crippen LogP contribution is 2.45. The molecule has 2 aliphatic rings. The minimum Gasteiger partial charge on any atom is -0.366 e. The number of carbonyl (C=O) groups is 1. The van der Waals surface area contributed by atoms with Gasteiger partial charge in [-0.3, -0.25) is 9.69 Å². The summed E-state index contributed by atoms with van der Waals surface area (Å²) in [5, 5.41) is 6.87. The van der Waals surface area contributed by atoms with Crippen LogP contribution < -0.4 is 16.4 Å². The summed E-state index contributed by atoms with van der Waals surface area (Å²) in [5.41, 5.74) is 9.28. The highest BCUT2D eigenvalue weighted by Gasteiger charge is 2.43. The van der Waals surface area contributed by atoms with E-state index in [1.807, 2.05) is 0 Å². The standard InChI is InChI=1S/C14H21N.C10H19N3OS.C7H6F2.CHF3/c1-3-10-15-14(8-9-14)13-7-5-6-12(4-2)11-13;1-3-5-13(6-4-2)10-12-7-8(15-10)9(11)14;1-5-2-6(8)4-7(9)3-5;2-1(3)4/h5-7,11,15H,3-4,8-10H2,1-2H3;7,10,12H,3-6H2,1-2H3,(H2,11,14);2-4H,1H3;1H. The van der Waals surface area contributed by atoms with Crippen LogP contribution in [-0.4, -0.2) is 42.6 Å². The van der Waals surface area contributed by atoms with Crippen molar-refractivity contribution in [2.75, 3.05) is 19.6 Å². The molecule has 0 spiro atoms. The Kier molecular flexibility index (Phi) is 18.2. The van der Waals surface area contributed by atoms with Gasteiger partial charge in [0.1, 0.15) is 17.1 Å². The molecule has 0 radical (unpaired) electrons. The van der Waals surface area contributed by atoms with E-state index in [1.165, 1.54) is 54.3 Å². The third kappa shape index (κ3) is 15.1. The number of primary amides is 1. The average molecular weight is 631 g/mol. The number of amides is 1. The largest absolute Gasteiger partial charge is 0.379 e. The van der Waals surface area contributed by atoms with Gasteiger partial charge in [0.05, 0.1) is 4.91 Å². The summed E-state index contributed by atoms with van der Waals surface area (Å²) in [6, 6.07) is 12.5. The fraction of sp³-hybridized carbons (Fsp3) is 0.531. The molecular formula is C32H47F5N4OS. The van der Waals surface area contributed by atoms with Crippen LogP contribution in [0.1, 0.15) is 76.5 Å². The van der Waals surface area contributed by atoms with E-state index in [4.69, 9.17) is 5.73 Å². The Labute approximate surface area is 257 Å². The lowest BCUT2D eigenvalue weighted by Gasteiger charge is -2.27. The molecule has 0 bridgehead atoms. The van der Waals surface area contributed by atoms with Crippen molar-refractivity contribution in [2.24, 2.45) is 5.73 Å². The summed E-state index contributed by atoms with van der Waals surface area (Å²) in [6.07, 6.45) is 8.92. The van der Waals surface area contributed by atoms with Gasteiger partial charge in [-0.15, -0.1) is 0 Å². The first-order valence-corrected chi connectivity index (χ1v) is 15.6. The summed E-state index contributed by atoms with van der Waals surface area (Å²) < 4.78 is 53.4. The molecule has 4 N–H and O–H groups in total. The second-order valence-electron chi connectivity index (χ2n) is 10.3. The lowest BCUT2D eigenvalue weighted by atomic mass is 10.0. The minimum atomic E-state index is -3.67. The van der Waals surface area contributed by atoms with Crippen molar-refractivity contribution in [3.8, 4) is 0 Å². The van der Waals surface area contributed by atoms with Crippen LogP contribution in [0.25, 0.3) is 0 Å². The van der Waals surface area contributed by atoms with Crippen LogP contribution in [0.5, 0.6) is 0 Å². The average Bonchev–Trinajstić information content (AvgIpc) is 3.57. The Morgan fingerprint density at radius 3 is 2.02 bits per heavy atom. The van der Waals surface area contributed by atoms with Crippen molar-refractivity contribution in [2.45, 2.75) is 90.9 Å². The maximum atomic E-state index is 12.2. The topological polar surface area (TPSA) is 70.4 Å². The molecule has 1 heterocycles. The Morgan fingerprint density at radius 1 is 1.02 bits per heavy atom. The molecule has 5 nitrogen and oxygen atoms in total. The Balaban J connectivity index is 0.000000311. The molecule has 43 heavy (non-hydrogen) atoms. The summed E-state index contributed by atoms with van der Waals surface area (Å²) in [4.78, 5) is 13.9. The number of rotatable bonds is 11. The predicted octanol–water partition coefficient (Wildman–Crippen LogP) is 7.74. The van der Waals surface area contributed by atoms with Crippen molar-refractivity contribution in [1.29, 1.82) is 0 Å². The summed E-state index contributed by atoms with van der Waals surface area (Å²) >= 11 is 1.51. The van der Waals surface area contributed by atoms with Crippen LogP contribution in [0.4, 0.5) is 22.0 Å². The van der Waals surface area contributed by atoms with Crippen molar-refractivity contribution >= 4 is 17.7 Å². The summed E-state index contributed by atoms with van der Waals surface area (Å²) in [7, 11) is 0. The van der Waals surface area contributed by atoms with E-state index < -0.39 is 18.3 Å². The molecule has 1 fully saturated rings. The van der Waals surface area contributed by atoms with Gasteiger partial charge in [-0.2, -0.15) is 13.2 Å². The van der Waals surface area contributed by atoms with Gasteiger partial charge in [0, 0.05) is 30.9 Å². The molecule has 0 saturated heterocycles. The van der Waals surface area contributed by atoms with Gasteiger partial charge in [0.15, 0.2) is 0 Å². The minimum absolute atomic E-state index is 0.174. The molecule has 1 atom stereocenters. The zero-order chi connectivity index (χ0) is 32.4. The predicted molar refractivity (Wildman–Crippen MR) is 167 cm³/mol. The van der Waals surface area contributed by atoms with E-state index in [1.54, 1.807) is 13.1 Å². The number of nitrogens with zero attached hydrogens (tertiary/aromatic N) is 1. The molecular weight excluding hydrogens is 583 g/mol. The molecule has 1 aliphatic heterocycles. The molecule has 2 aromatic rings. The monoisotopic (exact) mass is 630 g/mol. The van der Waals surface area contributed by atoms with Crippen LogP contribution in [-0.2, 0) is 16.8 Å². The van der Waals surface area contributed by atoms with Crippen LogP contribution in [0, 0.1) is 18.6 Å². The number of nitrogens with one attached hydrogen (secondary N) is 2. The van der Waals surface area contributed by atoms with Crippen molar-refractivity contribution in [1.82, 2.24) is 15.5 Å². The number of halogens is 5. The van der Waals surface area contributed by atoms with Gasteiger partial charge in [-0.1, -0.05) is 63.7 Å². The highest BCUT2D eigenvalue weighted by atomic mass is 32.2. The number of nitrogens with two attached hydrogens (primary N) is 1. The van der Waals surface area contributed by atoms with Gasteiger partial charge in [0.25, 0.3) is 5.91 Å². The van der Waals surface area contributed by atoms with Gasteiger partial charge in [-0.25, -0.2) is 8.78 Å². The van der Waals surface area contributed by atoms with E-state index in [0.717, 1.165) is 45.0 Å². The summed E-state index contributed by atoms with van der Waals surface area (Å²) in [5.74, 6) is -1.39. The first-order chi connectivity index (χ1) is 20.4. The SMILES string of the molecule is CCCN(CCC)C1NC=C(C(N)=O)S1.CCCNC1(c2cccc(CC)c2)CC1.Cc1cc(F)cc(F)c1.FC(F)F. The van der Waals surface area contributed by atoms with Crippen molar-refractivity contribution < 1.29 is 26.7 Å². The number of aryl methyl sites for hydroxylation is 2. The number of hydrogen-bond donors (Lipinski definition) is 3. The lowest BCUT2D eigenvalue weighted by Crippen LogP contribution is -2.40. The quantitative estimate of drug-likeness (QED) is 0.222.